The van der Waals surface area contributed by atoms with Gasteiger partial charge in [0.05, 0.1) is 5.75 Å². The van der Waals surface area contributed by atoms with Crippen molar-refractivity contribution in [3.8, 4) is 0 Å². The smallest absolute Gasteiger partial charge is 0.265 e. The van der Waals surface area contributed by atoms with Crippen LogP contribution in [0.25, 0.3) is 0 Å². The highest BCUT2D eigenvalue weighted by molar-refractivity contribution is 7.89. The van der Waals surface area contributed by atoms with Crippen molar-refractivity contribution in [2.75, 3.05) is 0 Å². The van der Waals surface area contributed by atoms with Crippen LogP contribution in [0, 0.1) is 0 Å². The molecule has 1 aromatic carbocycles. The fourth-order valence-electron chi connectivity index (χ4n) is 1.30. The van der Waals surface area contributed by atoms with Gasteiger partial charge in [-0.05, 0) is 11.6 Å². The number of amides is 1. The highest BCUT2D eigenvalue weighted by Crippen LogP contribution is 2.16. The SMILES string of the molecule is O=C1NS(=O)(=O)Cc2ccccc21. The third kappa shape index (κ3) is 1.42. The first-order chi connectivity index (χ1) is 6.08. The summed E-state index contributed by atoms with van der Waals surface area (Å²) in [5.74, 6) is -0.656. The Morgan fingerprint density at radius 3 is 2.69 bits per heavy atom. The third-order valence-electron chi connectivity index (χ3n) is 1.86. The standard InChI is InChI=1S/C8H7NO3S/c10-8-7-4-2-1-3-6(7)5-13(11,12)9-8/h1-4H,5H2,(H,9,10). The van der Waals surface area contributed by atoms with Crippen molar-refractivity contribution in [1.29, 1.82) is 0 Å². The summed E-state index contributed by atoms with van der Waals surface area (Å²) in [7, 11) is -3.44. The molecule has 13 heavy (non-hydrogen) atoms. The zero-order valence-electron chi connectivity index (χ0n) is 6.65. The van der Waals surface area contributed by atoms with Crippen molar-refractivity contribution in [1.82, 2.24) is 4.72 Å². The maximum absolute atomic E-state index is 11.2. The average Bonchev–Trinajstić information content (AvgIpc) is 2.02. The average molecular weight is 197 g/mol. The van der Waals surface area contributed by atoms with Crippen molar-refractivity contribution in [2.45, 2.75) is 5.75 Å². The molecule has 2 rings (SSSR count). The van der Waals surface area contributed by atoms with Gasteiger partial charge in [0.15, 0.2) is 0 Å². The first-order valence-electron chi connectivity index (χ1n) is 3.71. The number of carbonyl (C=O) groups is 1. The number of rotatable bonds is 0. The van der Waals surface area contributed by atoms with E-state index in [1.807, 2.05) is 4.72 Å². The van der Waals surface area contributed by atoms with Crippen LogP contribution >= 0.6 is 0 Å². The Morgan fingerprint density at radius 1 is 1.23 bits per heavy atom. The van der Waals surface area contributed by atoms with E-state index < -0.39 is 15.9 Å². The molecule has 0 spiro atoms. The van der Waals surface area contributed by atoms with E-state index in [4.69, 9.17) is 0 Å². The van der Waals surface area contributed by atoms with Crippen LogP contribution in [0.1, 0.15) is 15.9 Å². The molecule has 1 amide bonds. The topological polar surface area (TPSA) is 63.2 Å². The highest BCUT2D eigenvalue weighted by Gasteiger charge is 2.25. The van der Waals surface area contributed by atoms with Crippen molar-refractivity contribution in [3.05, 3.63) is 35.4 Å². The van der Waals surface area contributed by atoms with Crippen LogP contribution in [-0.2, 0) is 15.8 Å². The van der Waals surface area contributed by atoms with Crippen molar-refractivity contribution >= 4 is 15.9 Å². The molecule has 0 aromatic heterocycles. The van der Waals surface area contributed by atoms with Gasteiger partial charge in [-0.15, -0.1) is 0 Å². The number of carbonyl (C=O) groups excluding carboxylic acids is 1. The highest BCUT2D eigenvalue weighted by atomic mass is 32.2. The Kier molecular flexibility index (Phi) is 1.63. The third-order valence-corrected chi connectivity index (χ3v) is 3.04. The Balaban J connectivity index is 2.61. The lowest BCUT2D eigenvalue weighted by Crippen LogP contribution is -2.36. The minimum absolute atomic E-state index is 0.116. The van der Waals surface area contributed by atoms with Crippen molar-refractivity contribution in [3.63, 3.8) is 0 Å². The van der Waals surface area contributed by atoms with E-state index in [2.05, 4.69) is 0 Å². The molecule has 0 aliphatic carbocycles. The normalized spacial score (nSPS) is 18.9. The van der Waals surface area contributed by atoms with Gasteiger partial charge in [0.25, 0.3) is 5.91 Å². The van der Waals surface area contributed by atoms with E-state index in [-0.39, 0.29) is 5.75 Å². The molecule has 0 atom stereocenters. The number of nitrogens with one attached hydrogen (secondary N) is 1. The summed E-state index contributed by atoms with van der Waals surface area (Å²) < 4.78 is 24.1. The summed E-state index contributed by atoms with van der Waals surface area (Å²) in [6, 6.07) is 6.67. The number of fused-ring (bicyclic) bond motifs is 1. The molecule has 0 unspecified atom stereocenters. The van der Waals surface area contributed by atoms with Gasteiger partial charge in [-0.25, -0.2) is 13.1 Å². The Labute approximate surface area is 75.6 Å². The second-order valence-corrected chi connectivity index (χ2v) is 4.57. The summed E-state index contributed by atoms with van der Waals surface area (Å²) in [4.78, 5) is 11.2. The van der Waals surface area contributed by atoms with Gasteiger partial charge in [0, 0.05) is 5.56 Å². The fraction of sp³-hybridized carbons (Fsp3) is 0.125. The van der Waals surface area contributed by atoms with Crippen molar-refractivity contribution in [2.24, 2.45) is 0 Å². The minimum Gasteiger partial charge on any atom is -0.268 e. The van der Waals surface area contributed by atoms with Crippen LogP contribution < -0.4 is 4.72 Å². The maximum atomic E-state index is 11.2. The van der Waals surface area contributed by atoms with E-state index in [1.165, 1.54) is 0 Å². The number of sulfonamides is 1. The second-order valence-electron chi connectivity index (χ2n) is 2.85. The van der Waals surface area contributed by atoms with Crippen molar-refractivity contribution < 1.29 is 13.2 Å². The Morgan fingerprint density at radius 2 is 1.92 bits per heavy atom. The molecule has 0 fully saturated rings. The first-order valence-corrected chi connectivity index (χ1v) is 5.36. The van der Waals surface area contributed by atoms with E-state index in [0.717, 1.165) is 0 Å². The van der Waals surface area contributed by atoms with Crippen LogP contribution in [0.3, 0.4) is 0 Å². The predicted molar refractivity (Wildman–Crippen MR) is 46.5 cm³/mol. The minimum atomic E-state index is -3.44. The van der Waals surface area contributed by atoms with Gasteiger partial charge < -0.3 is 0 Å². The molecule has 1 aliphatic rings. The molecule has 0 saturated heterocycles. The van der Waals surface area contributed by atoms with Crippen LogP contribution in [0.15, 0.2) is 24.3 Å². The molecule has 0 bridgehead atoms. The largest absolute Gasteiger partial charge is 0.268 e. The molecular weight excluding hydrogens is 190 g/mol. The number of hydrogen-bond donors (Lipinski definition) is 1. The number of benzene rings is 1. The van der Waals surface area contributed by atoms with Crippen LogP contribution in [0.2, 0.25) is 0 Å². The van der Waals surface area contributed by atoms with E-state index in [9.17, 15) is 13.2 Å². The van der Waals surface area contributed by atoms with Gasteiger partial charge in [0.2, 0.25) is 10.0 Å². The summed E-state index contributed by atoms with van der Waals surface area (Å²) >= 11 is 0. The molecule has 0 radical (unpaired) electrons. The number of hydrogen-bond acceptors (Lipinski definition) is 3. The fourth-order valence-corrected chi connectivity index (χ4v) is 2.43. The molecular formula is C8H7NO3S. The lowest BCUT2D eigenvalue weighted by molar-refractivity contribution is 0.0978. The molecule has 4 nitrogen and oxygen atoms in total. The zero-order chi connectivity index (χ0) is 9.47. The Hall–Kier alpha value is -1.36. The van der Waals surface area contributed by atoms with Gasteiger partial charge in [-0.1, -0.05) is 18.2 Å². The maximum Gasteiger partial charge on any atom is 0.265 e. The Bertz CT molecular complexity index is 464. The molecule has 68 valence electrons. The predicted octanol–water partition coefficient (Wildman–Crippen LogP) is 0.260. The summed E-state index contributed by atoms with van der Waals surface area (Å²) in [6.07, 6.45) is 0. The van der Waals surface area contributed by atoms with E-state index >= 15 is 0 Å². The molecule has 1 aliphatic heterocycles. The van der Waals surface area contributed by atoms with Gasteiger partial charge in [-0.3, -0.25) is 4.79 Å². The summed E-state index contributed by atoms with van der Waals surface area (Å²) in [5.41, 5.74) is 1.00. The molecule has 5 heteroatoms. The van der Waals surface area contributed by atoms with E-state index in [1.54, 1.807) is 24.3 Å². The van der Waals surface area contributed by atoms with E-state index in [0.29, 0.717) is 11.1 Å². The van der Waals surface area contributed by atoms with Crippen LogP contribution in [0.4, 0.5) is 0 Å². The molecule has 1 N–H and O–H groups in total. The molecule has 0 saturated carbocycles. The zero-order valence-corrected chi connectivity index (χ0v) is 7.47. The lowest BCUT2D eigenvalue weighted by atomic mass is 10.1. The van der Waals surface area contributed by atoms with Gasteiger partial charge >= 0.3 is 0 Å². The second kappa shape index (κ2) is 2.56. The quantitative estimate of drug-likeness (QED) is 0.648. The van der Waals surface area contributed by atoms with Gasteiger partial charge in [0.1, 0.15) is 0 Å². The van der Waals surface area contributed by atoms with Crippen LogP contribution in [0.5, 0.6) is 0 Å². The monoisotopic (exact) mass is 197 g/mol. The molecule has 1 aromatic rings. The summed E-state index contributed by atoms with van der Waals surface area (Å²) in [5, 5.41) is 0. The first kappa shape index (κ1) is 8.25. The molecule has 1 heterocycles. The van der Waals surface area contributed by atoms with Gasteiger partial charge in [-0.2, -0.15) is 0 Å². The van der Waals surface area contributed by atoms with Crippen LogP contribution in [-0.4, -0.2) is 14.3 Å². The summed E-state index contributed by atoms with van der Waals surface area (Å²) in [6.45, 7) is 0. The lowest BCUT2D eigenvalue weighted by Gasteiger charge is -2.15.